The fourth-order valence-corrected chi connectivity index (χ4v) is 5.66. The zero-order valence-corrected chi connectivity index (χ0v) is 18.9. The predicted molar refractivity (Wildman–Crippen MR) is 119 cm³/mol. The van der Waals surface area contributed by atoms with Crippen molar-refractivity contribution in [3.8, 4) is 0 Å². The van der Waals surface area contributed by atoms with Gasteiger partial charge in [-0.3, -0.25) is 0 Å². The Hall–Kier alpha value is -2.48. The van der Waals surface area contributed by atoms with Crippen LogP contribution in [0.2, 0.25) is 10.0 Å². The molecule has 4 rings (SSSR count). The van der Waals surface area contributed by atoms with E-state index >= 15 is 0 Å². The molecule has 3 nitrogen and oxygen atoms in total. The van der Waals surface area contributed by atoms with E-state index in [1.54, 1.807) is 30.3 Å². The van der Waals surface area contributed by atoms with Crippen molar-refractivity contribution in [2.75, 3.05) is 0 Å². The van der Waals surface area contributed by atoms with Gasteiger partial charge in [0.2, 0.25) is 0 Å². The number of hydrogen-bond donors (Lipinski definition) is 0. The van der Waals surface area contributed by atoms with Gasteiger partial charge in [-0.05, 0) is 54.4 Å². The van der Waals surface area contributed by atoms with Crippen molar-refractivity contribution in [1.29, 1.82) is 0 Å². The Bertz CT molecular complexity index is 1410. The number of benzene rings is 3. The third kappa shape index (κ3) is 4.00. The van der Waals surface area contributed by atoms with Crippen LogP contribution >= 0.6 is 23.2 Å². The van der Waals surface area contributed by atoms with E-state index in [0.717, 1.165) is 16.1 Å². The minimum Gasteiger partial charge on any atom is -0.238 e. The number of nitrogens with zero attached hydrogens (tertiary/aromatic N) is 1. The van der Waals surface area contributed by atoms with Crippen LogP contribution in [0.4, 0.5) is 13.2 Å². The molecule has 0 unspecified atom stereocenters. The van der Waals surface area contributed by atoms with Crippen molar-refractivity contribution in [1.82, 2.24) is 3.97 Å². The van der Waals surface area contributed by atoms with Crippen molar-refractivity contribution in [3.63, 3.8) is 0 Å². The van der Waals surface area contributed by atoms with Crippen LogP contribution in [0.15, 0.2) is 65.6 Å². The molecule has 9 heteroatoms. The average molecular weight is 497 g/mol. The first-order valence-corrected chi connectivity index (χ1v) is 11.6. The normalized spacial score (nSPS) is 12.4. The molecule has 0 aliphatic carbocycles. The molecule has 165 valence electrons. The number of halogens is 5. The van der Waals surface area contributed by atoms with Gasteiger partial charge in [-0.25, -0.2) is 12.4 Å². The van der Waals surface area contributed by atoms with Gasteiger partial charge in [-0.2, -0.15) is 13.2 Å². The van der Waals surface area contributed by atoms with E-state index in [2.05, 4.69) is 6.07 Å². The number of alkyl halides is 3. The lowest BCUT2D eigenvalue weighted by atomic mass is 10.1. The lowest BCUT2D eigenvalue weighted by molar-refractivity contribution is -0.137. The number of rotatable bonds is 4. The largest absolute Gasteiger partial charge is 0.416 e. The smallest absolute Gasteiger partial charge is 0.238 e. The Balaban J connectivity index is 2.06. The molecule has 0 saturated carbocycles. The fraction of sp³-hybridized carbons (Fsp3) is 0.130. The highest BCUT2D eigenvalue weighted by atomic mass is 35.5. The summed E-state index contributed by atoms with van der Waals surface area (Å²) in [6.07, 6.45) is -4.65. The average Bonchev–Trinajstić information content (AvgIpc) is 3.10. The summed E-state index contributed by atoms with van der Waals surface area (Å²) in [4.78, 5) is -0.0503. The van der Waals surface area contributed by atoms with Crippen LogP contribution in [0.3, 0.4) is 0 Å². The Labute approximate surface area is 193 Å². The molecule has 3 aromatic carbocycles. The first-order valence-electron chi connectivity index (χ1n) is 9.37. The second kappa shape index (κ2) is 8.14. The summed E-state index contributed by atoms with van der Waals surface area (Å²) in [5.74, 6) is 0. The summed E-state index contributed by atoms with van der Waals surface area (Å²) < 4.78 is 68.6. The first kappa shape index (κ1) is 22.7. The molecule has 0 aliphatic rings. The van der Waals surface area contributed by atoms with Gasteiger partial charge in [-0.15, -0.1) is 0 Å². The SMILES string of the molecule is Cc1cc(C(F)(F)F)cc2c1cc(Cc1c(Cl)[c]ccc1Cl)n2S(=O)(=O)c1ccccc1. The summed E-state index contributed by atoms with van der Waals surface area (Å²) in [5.41, 5.74) is -0.0365. The highest BCUT2D eigenvalue weighted by Gasteiger charge is 2.33. The van der Waals surface area contributed by atoms with E-state index in [-0.39, 0.29) is 27.5 Å². The van der Waals surface area contributed by atoms with Crippen molar-refractivity contribution in [3.05, 3.63) is 99.2 Å². The molecule has 0 aliphatic heterocycles. The molecule has 0 N–H and O–H groups in total. The van der Waals surface area contributed by atoms with Crippen molar-refractivity contribution in [2.45, 2.75) is 24.4 Å². The Morgan fingerprint density at radius 3 is 2.34 bits per heavy atom. The highest BCUT2D eigenvalue weighted by Crippen LogP contribution is 2.37. The van der Waals surface area contributed by atoms with Crippen LogP contribution in [0.5, 0.6) is 0 Å². The van der Waals surface area contributed by atoms with Gasteiger partial charge in [0.1, 0.15) is 0 Å². The third-order valence-corrected chi connectivity index (χ3v) is 7.59. The fourth-order valence-electron chi connectivity index (χ4n) is 3.61. The Morgan fingerprint density at radius 2 is 1.72 bits per heavy atom. The van der Waals surface area contributed by atoms with E-state index in [9.17, 15) is 21.6 Å². The summed E-state index contributed by atoms with van der Waals surface area (Å²) >= 11 is 12.5. The topological polar surface area (TPSA) is 39.1 Å². The Kier molecular flexibility index (Phi) is 5.77. The molecule has 0 saturated heterocycles. The molecule has 0 atom stereocenters. The van der Waals surface area contributed by atoms with Gasteiger partial charge in [-0.1, -0.05) is 47.5 Å². The van der Waals surface area contributed by atoms with Gasteiger partial charge in [0.25, 0.3) is 10.0 Å². The van der Waals surface area contributed by atoms with E-state index in [1.165, 1.54) is 25.1 Å². The van der Waals surface area contributed by atoms with E-state index in [4.69, 9.17) is 23.2 Å². The van der Waals surface area contributed by atoms with Gasteiger partial charge in [0.05, 0.1) is 21.0 Å². The maximum Gasteiger partial charge on any atom is 0.416 e. The van der Waals surface area contributed by atoms with Gasteiger partial charge in [0, 0.05) is 28.6 Å². The summed E-state index contributed by atoms with van der Waals surface area (Å²) in [5, 5.41) is 0.897. The maximum atomic E-state index is 13.6. The van der Waals surface area contributed by atoms with Gasteiger partial charge in [0.15, 0.2) is 0 Å². The molecule has 0 amide bonds. The van der Waals surface area contributed by atoms with Crippen LogP contribution in [0.1, 0.15) is 22.4 Å². The number of aromatic nitrogens is 1. The molecule has 0 fully saturated rings. The molecule has 0 bridgehead atoms. The zero-order chi connectivity index (χ0) is 23.3. The van der Waals surface area contributed by atoms with Crippen LogP contribution in [0, 0.1) is 13.0 Å². The lowest BCUT2D eigenvalue weighted by Gasteiger charge is -2.15. The molecule has 4 aromatic rings. The molecular weight excluding hydrogens is 482 g/mol. The minimum absolute atomic E-state index is 0.0173. The van der Waals surface area contributed by atoms with Crippen molar-refractivity contribution in [2.24, 2.45) is 0 Å². The third-order valence-electron chi connectivity index (χ3n) is 5.12. The molecule has 1 radical (unpaired) electrons. The molecule has 0 spiro atoms. The summed E-state index contributed by atoms with van der Waals surface area (Å²) in [6.45, 7) is 1.51. The highest BCUT2D eigenvalue weighted by molar-refractivity contribution is 7.90. The number of hydrogen-bond acceptors (Lipinski definition) is 2. The monoisotopic (exact) mass is 496 g/mol. The number of aryl methyl sites for hydroxylation is 1. The van der Waals surface area contributed by atoms with Gasteiger partial charge < -0.3 is 0 Å². The molecule has 1 heterocycles. The van der Waals surface area contributed by atoms with Crippen LogP contribution in [0.25, 0.3) is 10.9 Å². The second-order valence-corrected chi connectivity index (χ2v) is 9.81. The molecular formula is C23H15Cl2F3NO2S. The zero-order valence-electron chi connectivity index (χ0n) is 16.5. The van der Waals surface area contributed by atoms with Crippen LogP contribution in [-0.2, 0) is 22.6 Å². The minimum atomic E-state index is -4.63. The first-order chi connectivity index (χ1) is 15.0. The predicted octanol–water partition coefficient (Wildman–Crippen LogP) is 6.90. The quantitative estimate of drug-likeness (QED) is 0.308. The maximum absolute atomic E-state index is 13.6. The Morgan fingerprint density at radius 1 is 1.03 bits per heavy atom. The molecule has 1 aromatic heterocycles. The van der Waals surface area contributed by atoms with E-state index in [1.807, 2.05) is 0 Å². The lowest BCUT2D eigenvalue weighted by Crippen LogP contribution is -2.16. The van der Waals surface area contributed by atoms with Crippen molar-refractivity contribution < 1.29 is 21.6 Å². The van der Waals surface area contributed by atoms with Crippen LogP contribution in [-0.4, -0.2) is 12.4 Å². The van der Waals surface area contributed by atoms with Crippen molar-refractivity contribution >= 4 is 44.1 Å². The summed E-state index contributed by atoms with van der Waals surface area (Å²) in [6, 6.07) is 16.8. The summed E-state index contributed by atoms with van der Waals surface area (Å²) in [7, 11) is -4.22. The molecule has 32 heavy (non-hydrogen) atoms. The standard InChI is InChI=1S/C23H15Cl2F3NO2S/c1-14-10-15(23(26,27)28)11-22-18(14)12-16(13-19-20(24)8-5-9-21(19)25)29(22)32(30,31)17-6-3-2-4-7-17/h2-8,10-12H,13H2,1H3. The number of fused-ring (bicyclic) bond motifs is 1. The van der Waals surface area contributed by atoms with E-state index < -0.39 is 21.8 Å². The van der Waals surface area contributed by atoms with Crippen LogP contribution < -0.4 is 0 Å². The van der Waals surface area contributed by atoms with E-state index in [0.29, 0.717) is 21.5 Å². The van der Waals surface area contributed by atoms with Gasteiger partial charge >= 0.3 is 6.18 Å². The second-order valence-electron chi connectivity index (χ2n) is 7.24.